The Bertz CT molecular complexity index is 1120. The minimum atomic E-state index is -0.127. The Hall–Kier alpha value is -3.40. The summed E-state index contributed by atoms with van der Waals surface area (Å²) in [5.74, 6) is 0.415. The number of hydrogen-bond acceptors (Lipinski definition) is 3. The molecule has 0 amide bonds. The van der Waals surface area contributed by atoms with Gasteiger partial charge in [-0.15, -0.1) is 0 Å². The third-order valence-corrected chi connectivity index (χ3v) is 4.64. The van der Waals surface area contributed by atoms with Gasteiger partial charge in [0.05, 0.1) is 11.0 Å². The van der Waals surface area contributed by atoms with Gasteiger partial charge in [0.15, 0.2) is 5.82 Å². The van der Waals surface area contributed by atoms with E-state index in [9.17, 15) is 9.90 Å². The molecule has 3 aromatic carbocycles. The lowest BCUT2D eigenvalue weighted by molar-refractivity contribution is 0.102. The normalized spacial score (nSPS) is 11.0. The number of aryl methyl sites for hydroxylation is 2. The lowest BCUT2D eigenvalue weighted by atomic mass is 10.0. The molecular formula is C22H18N2O2. The van der Waals surface area contributed by atoms with Gasteiger partial charge in [0.1, 0.15) is 5.75 Å². The molecule has 4 rings (SSSR count). The zero-order valence-electron chi connectivity index (χ0n) is 14.6. The zero-order chi connectivity index (χ0) is 18.3. The van der Waals surface area contributed by atoms with Crippen molar-refractivity contribution < 1.29 is 9.90 Å². The minimum absolute atomic E-state index is 0.127. The highest BCUT2D eigenvalue weighted by atomic mass is 16.3. The summed E-state index contributed by atoms with van der Waals surface area (Å²) in [6.45, 7) is 4.02. The van der Waals surface area contributed by atoms with Crippen LogP contribution in [-0.4, -0.2) is 20.4 Å². The lowest BCUT2D eigenvalue weighted by Crippen LogP contribution is -2.10. The largest absolute Gasteiger partial charge is 0.508 e. The number of aromatic hydroxyl groups is 1. The van der Waals surface area contributed by atoms with E-state index in [0.717, 1.165) is 27.8 Å². The van der Waals surface area contributed by atoms with Crippen molar-refractivity contribution in [3.05, 3.63) is 89.2 Å². The second kappa shape index (κ2) is 6.15. The van der Waals surface area contributed by atoms with Crippen LogP contribution < -0.4 is 0 Å². The Balaban J connectivity index is 1.94. The van der Waals surface area contributed by atoms with Crippen LogP contribution in [-0.2, 0) is 0 Å². The van der Waals surface area contributed by atoms with Gasteiger partial charge in [0.25, 0.3) is 0 Å². The molecule has 0 unspecified atom stereocenters. The predicted octanol–water partition coefficient (Wildman–Crippen LogP) is 4.58. The van der Waals surface area contributed by atoms with E-state index in [2.05, 4.69) is 4.98 Å². The first-order valence-corrected chi connectivity index (χ1v) is 8.43. The van der Waals surface area contributed by atoms with Crippen molar-refractivity contribution in [1.82, 2.24) is 9.55 Å². The molecule has 4 nitrogen and oxygen atoms in total. The predicted molar refractivity (Wildman–Crippen MR) is 102 cm³/mol. The molecule has 26 heavy (non-hydrogen) atoms. The second-order valence-corrected chi connectivity index (χ2v) is 6.40. The number of aromatic nitrogens is 2. The average molecular weight is 342 g/mol. The van der Waals surface area contributed by atoms with Crippen LogP contribution in [0, 0.1) is 13.8 Å². The van der Waals surface area contributed by atoms with Crippen LogP contribution in [0.25, 0.3) is 16.7 Å². The van der Waals surface area contributed by atoms with Crippen molar-refractivity contribution in [2.75, 3.05) is 0 Å². The number of carbonyl (C=O) groups excluding carboxylic acids is 1. The van der Waals surface area contributed by atoms with E-state index in [1.54, 1.807) is 24.3 Å². The van der Waals surface area contributed by atoms with Crippen LogP contribution in [0.3, 0.4) is 0 Å². The maximum Gasteiger partial charge on any atom is 0.228 e. The van der Waals surface area contributed by atoms with Gasteiger partial charge < -0.3 is 5.11 Å². The molecule has 0 aliphatic heterocycles. The van der Waals surface area contributed by atoms with E-state index in [1.807, 2.05) is 60.9 Å². The van der Waals surface area contributed by atoms with E-state index in [1.165, 1.54) is 0 Å². The highest BCUT2D eigenvalue weighted by Crippen LogP contribution is 2.25. The maximum atomic E-state index is 13.2. The first-order valence-electron chi connectivity index (χ1n) is 8.43. The van der Waals surface area contributed by atoms with E-state index in [4.69, 9.17) is 0 Å². The van der Waals surface area contributed by atoms with Crippen molar-refractivity contribution in [3.8, 4) is 11.4 Å². The first kappa shape index (κ1) is 16.1. The molecule has 1 N–H and O–H groups in total. The van der Waals surface area contributed by atoms with Gasteiger partial charge in [-0.2, -0.15) is 0 Å². The summed E-state index contributed by atoms with van der Waals surface area (Å²) >= 11 is 0. The molecule has 0 spiro atoms. The molecule has 0 atom stereocenters. The molecular weight excluding hydrogens is 324 g/mol. The number of imidazole rings is 1. The highest BCUT2D eigenvalue weighted by Gasteiger charge is 2.20. The van der Waals surface area contributed by atoms with Gasteiger partial charge in [0, 0.05) is 11.3 Å². The third-order valence-electron chi connectivity index (χ3n) is 4.64. The number of benzene rings is 3. The van der Waals surface area contributed by atoms with Crippen LogP contribution in [0.1, 0.15) is 27.3 Å². The molecule has 128 valence electrons. The number of ketones is 1. The maximum absolute atomic E-state index is 13.2. The van der Waals surface area contributed by atoms with Crippen LogP contribution >= 0.6 is 0 Å². The molecule has 0 saturated heterocycles. The fourth-order valence-electron chi connectivity index (χ4n) is 3.05. The Morgan fingerprint density at radius 1 is 0.923 bits per heavy atom. The Labute approximate surface area is 151 Å². The summed E-state index contributed by atoms with van der Waals surface area (Å²) in [4.78, 5) is 17.8. The fourth-order valence-corrected chi connectivity index (χ4v) is 3.05. The van der Waals surface area contributed by atoms with Crippen molar-refractivity contribution in [2.24, 2.45) is 0 Å². The monoisotopic (exact) mass is 342 g/mol. The molecule has 4 aromatic rings. The topological polar surface area (TPSA) is 55.1 Å². The van der Waals surface area contributed by atoms with Gasteiger partial charge in [-0.3, -0.25) is 9.36 Å². The number of rotatable bonds is 3. The van der Waals surface area contributed by atoms with E-state index < -0.39 is 0 Å². The van der Waals surface area contributed by atoms with E-state index in [-0.39, 0.29) is 11.5 Å². The van der Waals surface area contributed by atoms with Crippen LogP contribution in [0.15, 0.2) is 66.7 Å². The standard InChI is InChI=1S/C22H18N2O2/c1-14-7-8-16(13-15(14)2)21(26)22-23-19-5-3-4-6-20(19)24(22)17-9-11-18(25)12-10-17/h3-13,25H,1-2H3. The fraction of sp³-hybridized carbons (Fsp3) is 0.0909. The first-order chi connectivity index (χ1) is 12.5. The SMILES string of the molecule is Cc1ccc(C(=O)c2nc3ccccc3n2-c2ccc(O)cc2)cc1C. The average Bonchev–Trinajstić information content (AvgIpc) is 3.03. The Morgan fingerprint density at radius 3 is 2.38 bits per heavy atom. The van der Waals surface area contributed by atoms with Crippen LogP contribution in [0.4, 0.5) is 0 Å². The van der Waals surface area contributed by atoms with Gasteiger partial charge in [-0.05, 0) is 67.4 Å². The van der Waals surface area contributed by atoms with Gasteiger partial charge in [-0.1, -0.05) is 24.3 Å². The summed E-state index contributed by atoms with van der Waals surface area (Å²) in [5.41, 5.74) is 5.22. The quantitative estimate of drug-likeness (QED) is 0.555. The van der Waals surface area contributed by atoms with Crippen molar-refractivity contribution in [3.63, 3.8) is 0 Å². The highest BCUT2D eigenvalue weighted by molar-refractivity contribution is 6.09. The number of phenols is 1. The number of carbonyl (C=O) groups is 1. The number of fused-ring (bicyclic) bond motifs is 1. The zero-order valence-corrected chi connectivity index (χ0v) is 14.6. The molecule has 4 heteroatoms. The molecule has 1 aromatic heterocycles. The number of hydrogen-bond donors (Lipinski definition) is 1. The molecule has 0 fully saturated rings. The molecule has 0 radical (unpaired) electrons. The minimum Gasteiger partial charge on any atom is -0.508 e. The van der Waals surface area contributed by atoms with E-state index >= 15 is 0 Å². The number of nitrogens with zero attached hydrogens (tertiary/aromatic N) is 2. The van der Waals surface area contributed by atoms with Crippen molar-refractivity contribution in [1.29, 1.82) is 0 Å². The summed E-state index contributed by atoms with van der Waals surface area (Å²) in [6.07, 6.45) is 0. The summed E-state index contributed by atoms with van der Waals surface area (Å²) < 4.78 is 1.84. The van der Waals surface area contributed by atoms with Crippen molar-refractivity contribution in [2.45, 2.75) is 13.8 Å². The van der Waals surface area contributed by atoms with E-state index in [0.29, 0.717) is 11.4 Å². The van der Waals surface area contributed by atoms with Gasteiger partial charge >= 0.3 is 0 Å². The molecule has 1 heterocycles. The van der Waals surface area contributed by atoms with Gasteiger partial charge in [0.2, 0.25) is 5.78 Å². The second-order valence-electron chi connectivity index (χ2n) is 6.40. The van der Waals surface area contributed by atoms with Crippen molar-refractivity contribution >= 4 is 16.8 Å². The number of para-hydroxylation sites is 2. The summed E-state index contributed by atoms with van der Waals surface area (Å²) in [7, 11) is 0. The van der Waals surface area contributed by atoms with Gasteiger partial charge in [-0.25, -0.2) is 4.98 Å². The third kappa shape index (κ3) is 2.65. The molecule has 0 aliphatic rings. The van der Waals surface area contributed by atoms with Crippen LogP contribution in [0.2, 0.25) is 0 Å². The molecule has 0 bridgehead atoms. The summed E-state index contributed by atoms with van der Waals surface area (Å²) in [5, 5.41) is 9.59. The smallest absolute Gasteiger partial charge is 0.228 e. The lowest BCUT2D eigenvalue weighted by Gasteiger charge is -2.10. The molecule has 0 aliphatic carbocycles. The molecule has 0 saturated carbocycles. The summed E-state index contributed by atoms with van der Waals surface area (Å²) in [6, 6.07) is 20.1. The van der Waals surface area contributed by atoms with Crippen LogP contribution in [0.5, 0.6) is 5.75 Å². The Morgan fingerprint density at radius 2 is 1.65 bits per heavy atom. The number of phenolic OH excluding ortho intramolecular Hbond substituents is 1. The Kier molecular flexibility index (Phi) is 3.81.